The smallest absolute Gasteiger partial charge is 0.330 e. The topological polar surface area (TPSA) is 192 Å². The standard InChI is InChI=1S/C38H43O9P.C27H27O5P/c1-9-33(39)46-18-16-44-22-31-24(3)20-26(5)35(28(31)7)37(41)48(43,30-14-12-11-13-15-30)38(42)36-27(6)21-25(4)32(29(36)8)23-45-17-19-47-34(40)10-2;1-4-25(28)32-16-15-31-19-22-17-20(2)26(21(3)18-22)27(29)33(30,23-11-7-5-8-12-23)24-13-9-6-10-14-24/h9-15,20-21H,1-2,16-19,22-23H2,3-8H3;4-14,17-18H,1,15-16,19H2,2-3H3. The number of carbonyl (C=O) groups excluding carboxylic acids is 6. The molecule has 81 heavy (non-hydrogen) atoms. The van der Waals surface area contributed by atoms with Crippen LogP contribution in [0.2, 0.25) is 0 Å². The summed E-state index contributed by atoms with van der Waals surface area (Å²) in [6.45, 7) is 25.8. The van der Waals surface area contributed by atoms with Gasteiger partial charge in [-0.2, -0.15) is 0 Å². The maximum Gasteiger partial charge on any atom is 0.330 e. The highest BCUT2D eigenvalue weighted by atomic mass is 31.2. The van der Waals surface area contributed by atoms with Crippen LogP contribution in [0.4, 0.5) is 0 Å². The van der Waals surface area contributed by atoms with E-state index in [4.69, 9.17) is 28.4 Å². The van der Waals surface area contributed by atoms with Crippen molar-refractivity contribution in [1.82, 2.24) is 0 Å². The minimum atomic E-state index is -4.47. The second kappa shape index (κ2) is 30.2. The highest BCUT2D eigenvalue weighted by Gasteiger charge is 2.45. The lowest BCUT2D eigenvalue weighted by Crippen LogP contribution is -2.24. The molecule has 6 aromatic rings. The number of rotatable bonds is 27. The van der Waals surface area contributed by atoms with E-state index < -0.39 is 43.2 Å². The first-order valence-corrected chi connectivity index (χ1v) is 29.5. The molecule has 0 radical (unpaired) electrons. The summed E-state index contributed by atoms with van der Waals surface area (Å²) < 4.78 is 61.7. The summed E-state index contributed by atoms with van der Waals surface area (Å²) in [6, 6.07) is 33.4. The minimum absolute atomic E-state index is 0.0311. The Bertz CT molecular complexity index is 3230. The van der Waals surface area contributed by atoms with Crippen molar-refractivity contribution in [3.8, 4) is 0 Å². The van der Waals surface area contributed by atoms with Crippen molar-refractivity contribution in [2.24, 2.45) is 0 Å². The molecule has 0 aromatic heterocycles. The largest absolute Gasteiger partial charge is 0.460 e. The van der Waals surface area contributed by atoms with Gasteiger partial charge in [-0.15, -0.1) is 0 Å². The molecule has 6 aromatic carbocycles. The lowest BCUT2D eigenvalue weighted by Gasteiger charge is -2.24. The van der Waals surface area contributed by atoms with E-state index in [0.29, 0.717) is 56.2 Å². The summed E-state index contributed by atoms with van der Waals surface area (Å²) in [5, 5.41) is 1.17. The Morgan fingerprint density at radius 3 is 1.06 bits per heavy atom. The first kappa shape index (κ1) is 64.1. The number of hydrogen-bond acceptors (Lipinski definition) is 14. The zero-order valence-corrected chi connectivity index (χ0v) is 49.1. The van der Waals surface area contributed by atoms with Crippen molar-refractivity contribution >= 4 is 64.7 Å². The maximum absolute atomic E-state index is 15.3. The van der Waals surface area contributed by atoms with Crippen molar-refractivity contribution in [3.05, 3.63) is 231 Å². The van der Waals surface area contributed by atoms with Gasteiger partial charge < -0.3 is 37.6 Å². The first-order valence-electron chi connectivity index (χ1n) is 26.1. The predicted molar refractivity (Wildman–Crippen MR) is 316 cm³/mol. The van der Waals surface area contributed by atoms with Gasteiger partial charge in [-0.1, -0.05) is 135 Å². The third-order valence-corrected chi connectivity index (χ3v) is 18.9. The number of esters is 3. The Kier molecular flexibility index (Phi) is 23.9. The fraction of sp³-hybridized carbons (Fsp3) is 0.262. The van der Waals surface area contributed by atoms with Gasteiger partial charge in [0.2, 0.25) is 30.9 Å². The van der Waals surface area contributed by atoms with E-state index in [-0.39, 0.29) is 74.8 Å². The molecule has 0 aliphatic carbocycles. The summed E-state index contributed by atoms with van der Waals surface area (Å²) in [5.41, 5.74) is 6.81. The molecular formula is C65H70O14P2. The molecule has 0 amide bonds. The second-order valence-corrected chi connectivity index (χ2v) is 24.2. The van der Waals surface area contributed by atoms with Crippen LogP contribution in [-0.2, 0) is 71.8 Å². The molecule has 0 atom stereocenters. The van der Waals surface area contributed by atoms with Crippen molar-refractivity contribution in [3.63, 3.8) is 0 Å². The monoisotopic (exact) mass is 1140 g/mol. The molecule has 0 aliphatic heterocycles. The molecular weight excluding hydrogens is 1070 g/mol. The molecule has 0 heterocycles. The number of aryl methyl sites for hydroxylation is 6. The number of benzene rings is 6. The lowest BCUT2D eigenvalue weighted by atomic mass is 9.94. The Morgan fingerprint density at radius 2 is 0.716 bits per heavy atom. The number of carbonyl (C=O) groups is 6. The zero-order chi connectivity index (χ0) is 59.4. The lowest BCUT2D eigenvalue weighted by molar-refractivity contribution is -0.140. The summed E-state index contributed by atoms with van der Waals surface area (Å²) in [7, 11) is -8.05. The van der Waals surface area contributed by atoms with Crippen LogP contribution in [0.1, 0.15) is 92.3 Å². The molecule has 0 saturated heterocycles. The Labute approximate surface area is 474 Å². The maximum atomic E-state index is 15.3. The van der Waals surface area contributed by atoms with Crippen LogP contribution in [0.15, 0.2) is 153 Å². The molecule has 424 valence electrons. The second-order valence-electron chi connectivity index (χ2n) is 19.0. The van der Waals surface area contributed by atoms with Crippen LogP contribution >= 0.6 is 14.3 Å². The Morgan fingerprint density at radius 1 is 0.395 bits per heavy atom. The highest BCUT2D eigenvalue weighted by molar-refractivity contribution is 8.01. The number of ether oxygens (including phenoxy) is 6. The fourth-order valence-corrected chi connectivity index (χ4v) is 14.6. The van der Waals surface area contributed by atoms with Gasteiger partial charge in [0.1, 0.15) is 19.8 Å². The van der Waals surface area contributed by atoms with Crippen LogP contribution < -0.4 is 15.9 Å². The van der Waals surface area contributed by atoms with Crippen LogP contribution in [0, 0.1) is 55.4 Å². The molecule has 14 nitrogen and oxygen atoms in total. The molecule has 0 N–H and O–H groups in total. The first-order chi connectivity index (χ1) is 38.7. The van der Waals surface area contributed by atoms with E-state index in [2.05, 4.69) is 19.7 Å². The van der Waals surface area contributed by atoms with E-state index in [1.807, 2.05) is 64.1 Å². The van der Waals surface area contributed by atoms with Gasteiger partial charge in [-0.05, 0) is 117 Å². The van der Waals surface area contributed by atoms with Gasteiger partial charge in [0.15, 0.2) is 0 Å². The molecule has 0 spiro atoms. The van der Waals surface area contributed by atoms with Crippen molar-refractivity contribution in [2.75, 3.05) is 39.6 Å². The molecule has 0 unspecified atom stereocenters. The fourth-order valence-electron chi connectivity index (χ4n) is 9.44. The summed E-state index contributed by atoms with van der Waals surface area (Å²) in [6.07, 6.45) is 3.24. The van der Waals surface area contributed by atoms with Gasteiger partial charge in [-0.3, -0.25) is 14.4 Å². The van der Waals surface area contributed by atoms with E-state index in [1.165, 1.54) is 0 Å². The Hall–Kier alpha value is -7.70. The van der Waals surface area contributed by atoms with E-state index in [0.717, 1.165) is 46.0 Å². The van der Waals surface area contributed by atoms with Gasteiger partial charge >= 0.3 is 17.9 Å². The van der Waals surface area contributed by atoms with E-state index in [1.54, 1.807) is 107 Å². The summed E-state index contributed by atoms with van der Waals surface area (Å²) in [5.74, 6) is -1.60. The third-order valence-electron chi connectivity index (χ3n) is 13.4. The summed E-state index contributed by atoms with van der Waals surface area (Å²) >= 11 is 0. The van der Waals surface area contributed by atoms with Crippen LogP contribution in [0.3, 0.4) is 0 Å². The molecule has 16 heteroatoms. The third kappa shape index (κ3) is 15.8. The molecule has 0 aliphatic rings. The van der Waals surface area contributed by atoms with Crippen LogP contribution in [0.5, 0.6) is 0 Å². The van der Waals surface area contributed by atoms with Gasteiger partial charge in [0.25, 0.3) is 0 Å². The summed E-state index contributed by atoms with van der Waals surface area (Å²) in [4.78, 5) is 77.0. The molecule has 0 fully saturated rings. The average molecular weight is 1140 g/mol. The van der Waals surface area contributed by atoms with Crippen molar-refractivity contribution < 1.29 is 66.3 Å². The van der Waals surface area contributed by atoms with Crippen LogP contribution in [-0.4, -0.2) is 74.1 Å². The zero-order valence-electron chi connectivity index (χ0n) is 47.3. The normalized spacial score (nSPS) is 11.1. The number of hydrogen-bond donors (Lipinski definition) is 0. The molecule has 0 bridgehead atoms. The van der Waals surface area contributed by atoms with Crippen LogP contribution in [0.25, 0.3) is 0 Å². The van der Waals surface area contributed by atoms with Gasteiger partial charge in [-0.25, -0.2) is 14.4 Å². The SMILES string of the molecule is C=CC(=O)OCCOCc1c(C)cc(C)c(C(=O)P(=O)(C(=O)c2c(C)cc(C)c(COCCOC(=O)C=C)c2C)c2ccccc2)c1C.C=CC(=O)OCCOCc1cc(C)c(C(=O)P(=O)(c2ccccc2)c2ccccc2)c(C)c1. The van der Waals surface area contributed by atoms with Crippen molar-refractivity contribution in [1.29, 1.82) is 0 Å². The quantitative estimate of drug-likeness (QED) is 0.0155. The van der Waals surface area contributed by atoms with E-state index in [9.17, 15) is 33.3 Å². The highest BCUT2D eigenvalue weighted by Crippen LogP contribution is 2.53. The molecule has 6 rings (SSSR count). The minimum Gasteiger partial charge on any atom is -0.460 e. The van der Waals surface area contributed by atoms with E-state index >= 15 is 4.57 Å². The predicted octanol–water partition coefficient (Wildman–Crippen LogP) is 11.4. The van der Waals surface area contributed by atoms with Gasteiger partial charge in [0, 0.05) is 50.8 Å². The average Bonchev–Trinajstić information content (AvgIpc) is 3.42. The molecule has 0 saturated carbocycles. The Balaban J connectivity index is 0.000000318. The van der Waals surface area contributed by atoms with Gasteiger partial charge in [0.05, 0.1) is 39.6 Å². The van der Waals surface area contributed by atoms with Crippen molar-refractivity contribution in [2.45, 2.75) is 75.2 Å².